The molecule has 12 heavy (non-hydrogen) atoms. The summed E-state index contributed by atoms with van der Waals surface area (Å²) in [4.78, 5) is 14.2. The number of hydrogen-bond donors (Lipinski definition) is 1. The molecule has 0 spiro atoms. The largest absolute Gasteiger partial charge is 0.366 e. The molecule has 2 N–H and O–H groups in total. The van der Waals surface area contributed by atoms with E-state index in [1.807, 2.05) is 0 Å². The van der Waals surface area contributed by atoms with Crippen molar-refractivity contribution in [3.63, 3.8) is 0 Å². The Balaban J connectivity index is 2.83. The molecule has 1 aromatic heterocycles. The SMILES string of the molecule is NC(=O)C=Cc1cncc(Cl)c1. The van der Waals surface area contributed by atoms with Crippen LogP contribution in [-0.2, 0) is 4.79 Å². The number of halogens is 1. The van der Waals surface area contributed by atoms with Gasteiger partial charge in [-0.3, -0.25) is 9.78 Å². The van der Waals surface area contributed by atoms with Gasteiger partial charge in [-0.2, -0.15) is 0 Å². The molecule has 0 unspecified atom stereocenters. The van der Waals surface area contributed by atoms with Crippen molar-refractivity contribution in [1.29, 1.82) is 0 Å². The molecule has 0 saturated carbocycles. The van der Waals surface area contributed by atoms with Crippen LogP contribution in [0.25, 0.3) is 6.08 Å². The van der Waals surface area contributed by atoms with Gasteiger partial charge in [0.05, 0.1) is 5.02 Å². The van der Waals surface area contributed by atoms with E-state index in [-0.39, 0.29) is 0 Å². The summed E-state index contributed by atoms with van der Waals surface area (Å²) in [6, 6.07) is 1.69. The number of carbonyl (C=O) groups is 1. The maximum absolute atomic E-state index is 10.3. The fourth-order valence-corrected chi connectivity index (χ4v) is 0.880. The summed E-state index contributed by atoms with van der Waals surface area (Å²) in [6.45, 7) is 0. The summed E-state index contributed by atoms with van der Waals surface area (Å²) in [6.07, 6.45) is 5.92. The molecular formula is C8H7ClN2O. The van der Waals surface area contributed by atoms with Crippen molar-refractivity contribution in [2.45, 2.75) is 0 Å². The summed E-state index contributed by atoms with van der Waals surface area (Å²) in [7, 11) is 0. The molecule has 1 rings (SSSR count). The van der Waals surface area contributed by atoms with Crippen LogP contribution in [0.2, 0.25) is 5.02 Å². The van der Waals surface area contributed by atoms with Crippen LogP contribution in [0.4, 0.5) is 0 Å². The van der Waals surface area contributed by atoms with Gasteiger partial charge >= 0.3 is 0 Å². The molecule has 0 fully saturated rings. The van der Waals surface area contributed by atoms with Gasteiger partial charge in [0.25, 0.3) is 0 Å². The molecule has 0 aliphatic rings. The highest BCUT2D eigenvalue weighted by Gasteiger charge is 1.90. The van der Waals surface area contributed by atoms with Gasteiger partial charge in [0.1, 0.15) is 0 Å². The van der Waals surface area contributed by atoms with Crippen molar-refractivity contribution in [3.05, 3.63) is 35.1 Å². The van der Waals surface area contributed by atoms with Crippen LogP contribution in [0.1, 0.15) is 5.56 Å². The van der Waals surface area contributed by atoms with Crippen molar-refractivity contribution in [2.24, 2.45) is 5.73 Å². The van der Waals surface area contributed by atoms with Crippen LogP contribution in [0.5, 0.6) is 0 Å². The van der Waals surface area contributed by atoms with Gasteiger partial charge in [-0.25, -0.2) is 0 Å². The van der Waals surface area contributed by atoms with Crippen LogP contribution in [0.3, 0.4) is 0 Å². The van der Waals surface area contributed by atoms with Crippen LogP contribution in [0.15, 0.2) is 24.5 Å². The Morgan fingerprint density at radius 3 is 2.92 bits per heavy atom. The Morgan fingerprint density at radius 1 is 1.58 bits per heavy atom. The van der Waals surface area contributed by atoms with Crippen molar-refractivity contribution in [1.82, 2.24) is 4.98 Å². The van der Waals surface area contributed by atoms with Crippen LogP contribution < -0.4 is 5.73 Å². The first kappa shape index (κ1) is 8.74. The molecular weight excluding hydrogens is 176 g/mol. The van der Waals surface area contributed by atoms with Crippen LogP contribution in [-0.4, -0.2) is 10.9 Å². The highest BCUT2D eigenvalue weighted by molar-refractivity contribution is 6.30. The van der Waals surface area contributed by atoms with Crippen molar-refractivity contribution in [2.75, 3.05) is 0 Å². The van der Waals surface area contributed by atoms with Gasteiger partial charge in [0.15, 0.2) is 0 Å². The molecule has 0 aliphatic heterocycles. The summed E-state index contributed by atoms with van der Waals surface area (Å²) in [5, 5.41) is 0.529. The van der Waals surface area contributed by atoms with Crippen LogP contribution in [0, 0.1) is 0 Å². The zero-order valence-corrected chi connectivity index (χ0v) is 6.95. The second-order valence-electron chi connectivity index (χ2n) is 2.17. The number of carbonyl (C=O) groups excluding carboxylic acids is 1. The van der Waals surface area contributed by atoms with E-state index in [0.29, 0.717) is 5.02 Å². The van der Waals surface area contributed by atoms with Crippen LogP contribution >= 0.6 is 11.6 Å². The number of primary amides is 1. The molecule has 0 radical (unpaired) electrons. The Hall–Kier alpha value is -1.35. The molecule has 0 bridgehead atoms. The van der Waals surface area contributed by atoms with E-state index in [2.05, 4.69) is 4.98 Å². The first-order valence-corrected chi connectivity index (χ1v) is 3.64. The molecule has 0 atom stereocenters. The summed E-state index contributed by atoms with van der Waals surface area (Å²) < 4.78 is 0. The molecule has 1 aromatic rings. The van der Waals surface area contributed by atoms with Gasteiger partial charge in [0.2, 0.25) is 5.91 Å². The maximum atomic E-state index is 10.3. The molecule has 3 nitrogen and oxygen atoms in total. The van der Waals surface area contributed by atoms with Gasteiger partial charge in [-0.15, -0.1) is 0 Å². The predicted octanol–water partition coefficient (Wildman–Crippen LogP) is 1.23. The molecule has 1 heterocycles. The minimum absolute atomic E-state index is 0.491. The topological polar surface area (TPSA) is 56.0 Å². The first-order valence-electron chi connectivity index (χ1n) is 3.26. The number of hydrogen-bond acceptors (Lipinski definition) is 2. The molecule has 62 valence electrons. The van der Waals surface area contributed by atoms with Gasteiger partial charge in [-0.05, 0) is 17.7 Å². The summed E-state index contributed by atoms with van der Waals surface area (Å²) in [5.41, 5.74) is 5.65. The normalized spacial score (nSPS) is 10.4. The number of rotatable bonds is 2. The third-order valence-corrected chi connectivity index (χ3v) is 1.37. The predicted molar refractivity (Wildman–Crippen MR) is 47.5 cm³/mol. The fourth-order valence-electron chi connectivity index (χ4n) is 0.698. The van der Waals surface area contributed by atoms with E-state index in [0.717, 1.165) is 5.56 Å². The monoisotopic (exact) mass is 182 g/mol. The number of aromatic nitrogens is 1. The average Bonchev–Trinajstić information content (AvgIpc) is 2.01. The molecule has 4 heteroatoms. The third-order valence-electron chi connectivity index (χ3n) is 1.17. The number of nitrogens with zero attached hydrogens (tertiary/aromatic N) is 1. The summed E-state index contributed by atoms with van der Waals surface area (Å²) >= 11 is 5.65. The molecule has 0 aliphatic carbocycles. The van der Waals surface area contributed by atoms with E-state index < -0.39 is 5.91 Å². The molecule has 1 amide bonds. The average molecular weight is 183 g/mol. The molecule has 0 aromatic carbocycles. The second-order valence-corrected chi connectivity index (χ2v) is 2.61. The Bertz CT molecular complexity index is 323. The lowest BCUT2D eigenvalue weighted by Crippen LogP contribution is -2.05. The first-order chi connectivity index (χ1) is 5.68. The van der Waals surface area contributed by atoms with E-state index in [1.165, 1.54) is 12.3 Å². The lowest BCUT2D eigenvalue weighted by Gasteiger charge is -1.91. The highest BCUT2D eigenvalue weighted by Crippen LogP contribution is 2.09. The van der Waals surface area contributed by atoms with Crippen molar-refractivity contribution < 1.29 is 4.79 Å². The Morgan fingerprint density at radius 2 is 2.33 bits per heavy atom. The lowest BCUT2D eigenvalue weighted by molar-refractivity contribution is -0.113. The van der Waals surface area contributed by atoms with E-state index in [1.54, 1.807) is 18.3 Å². The smallest absolute Gasteiger partial charge is 0.241 e. The minimum Gasteiger partial charge on any atom is -0.366 e. The minimum atomic E-state index is -0.491. The zero-order valence-electron chi connectivity index (χ0n) is 6.20. The lowest BCUT2D eigenvalue weighted by atomic mass is 10.2. The number of amides is 1. The Labute approximate surface area is 74.9 Å². The molecule has 0 saturated heterocycles. The van der Waals surface area contributed by atoms with E-state index >= 15 is 0 Å². The number of nitrogens with two attached hydrogens (primary N) is 1. The summed E-state index contributed by atoms with van der Waals surface area (Å²) in [5.74, 6) is -0.491. The third kappa shape index (κ3) is 2.72. The second kappa shape index (κ2) is 3.88. The van der Waals surface area contributed by atoms with Gasteiger partial charge in [-0.1, -0.05) is 11.6 Å². The standard InChI is InChI=1S/C8H7ClN2O/c9-7-3-6(4-11-5-7)1-2-8(10)12/h1-5H,(H2,10,12). The number of pyridine rings is 1. The fraction of sp³-hybridized carbons (Fsp3) is 0. The van der Waals surface area contributed by atoms with Gasteiger partial charge < -0.3 is 5.73 Å². The Kier molecular flexibility index (Phi) is 2.82. The maximum Gasteiger partial charge on any atom is 0.241 e. The van der Waals surface area contributed by atoms with Crippen molar-refractivity contribution in [3.8, 4) is 0 Å². The van der Waals surface area contributed by atoms with E-state index in [4.69, 9.17) is 17.3 Å². The quantitative estimate of drug-likeness (QED) is 0.700. The van der Waals surface area contributed by atoms with E-state index in [9.17, 15) is 4.79 Å². The zero-order chi connectivity index (χ0) is 8.97. The van der Waals surface area contributed by atoms with Gasteiger partial charge in [0, 0.05) is 18.5 Å². The highest BCUT2D eigenvalue weighted by atomic mass is 35.5. The van der Waals surface area contributed by atoms with Crippen molar-refractivity contribution >= 4 is 23.6 Å².